The third kappa shape index (κ3) is 4.76. The van der Waals surface area contributed by atoms with Gasteiger partial charge in [-0.25, -0.2) is 5.43 Å². The Morgan fingerprint density at radius 1 is 1.10 bits per heavy atom. The van der Waals surface area contributed by atoms with Crippen LogP contribution < -0.4 is 10.7 Å². The first-order valence-electron chi connectivity index (χ1n) is 6.83. The van der Waals surface area contributed by atoms with Gasteiger partial charge in [-0.1, -0.05) is 42.0 Å². The number of anilines is 1. The zero-order valence-corrected chi connectivity index (χ0v) is 12.3. The first-order chi connectivity index (χ1) is 10.1. The number of aryl methyl sites for hydroxylation is 2. The molecule has 0 radical (unpaired) electrons. The minimum Gasteiger partial charge on any atom is -0.376 e. The summed E-state index contributed by atoms with van der Waals surface area (Å²) in [4.78, 5) is 11.7. The average Bonchev–Trinajstić information content (AvgIpc) is 2.49. The highest BCUT2D eigenvalue weighted by molar-refractivity contribution is 5.85. The summed E-state index contributed by atoms with van der Waals surface area (Å²) in [5.41, 5.74) is 6.72. The molecular weight excluding hydrogens is 262 g/mol. The van der Waals surface area contributed by atoms with E-state index in [-0.39, 0.29) is 12.5 Å². The van der Waals surface area contributed by atoms with Crippen molar-refractivity contribution in [2.24, 2.45) is 5.10 Å². The molecule has 108 valence electrons. The van der Waals surface area contributed by atoms with Crippen LogP contribution in [0.25, 0.3) is 0 Å². The van der Waals surface area contributed by atoms with Gasteiger partial charge in [0.15, 0.2) is 0 Å². The highest BCUT2D eigenvalue weighted by atomic mass is 16.2. The van der Waals surface area contributed by atoms with Gasteiger partial charge in [-0.3, -0.25) is 4.79 Å². The molecule has 0 heterocycles. The molecule has 0 saturated heterocycles. The number of hydrazone groups is 1. The SMILES string of the molecule is Cc1ccc(NCC(=O)NN=Cc2ccccc2C)cc1. The van der Waals surface area contributed by atoms with E-state index in [1.54, 1.807) is 6.21 Å². The van der Waals surface area contributed by atoms with E-state index < -0.39 is 0 Å². The lowest BCUT2D eigenvalue weighted by molar-refractivity contribution is -0.119. The number of nitrogens with zero attached hydrogens (tertiary/aromatic N) is 1. The van der Waals surface area contributed by atoms with E-state index in [9.17, 15) is 4.79 Å². The minimum atomic E-state index is -0.180. The van der Waals surface area contributed by atoms with E-state index in [4.69, 9.17) is 0 Å². The molecule has 1 amide bonds. The fourth-order valence-electron chi connectivity index (χ4n) is 1.80. The quantitative estimate of drug-likeness (QED) is 0.654. The number of benzene rings is 2. The molecule has 0 unspecified atom stereocenters. The van der Waals surface area contributed by atoms with Crippen molar-refractivity contribution in [2.45, 2.75) is 13.8 Å². The Hall–Kier alpha value is -2.62. The predicted molar refractivity (Wildman–Crippen MR) is 86.6 cm³/mol. The first kappa shape index (κ1) is 14.8. The van der Waals surface area contributed by atoms with Crippen LogP contribution in [0.3, 0.4) is 0 Å². The van der Waals surface area contributed by atoms with E-state index in [1.807, 2.05) is 62.4 Å². The fraction of sp³-hybridized carbons (Fsp3) is 0.176. The molecule has 0 saturated carbocycles. The van der Waals surface area contributed by atoms with Crippen molar-refractivity contribution in [1.82, 2.24) is 5.43 Å². The first-order valence-corrected chi connectivity index (χ1v) is 6.83. The largest absolute Gasteiger partial charge is 0.376 e. The zero-order valence-electron chi connectivity index (χ0n) is 12.3. The van der Waals surface area contributed by atoms with Crippen LogP contribution >= 0.6 is 0 Å². The molecule has 0 aliphatic rings. The van der Waals surface area contributed by atoms with Crippen molar-refractivity contribution >= 4 is 17.8 Å². The number of hydrogen-bond donors (Lipinski definition) is 2. The maximum atomic E-state index is 11.7. The normalized spacial score (nSPS) is 10.6. The van der Waals surface area contributed by atoms with Crippen LogP contribution in [0, 0.1) is 13.8 Å². The predicted octanol–water partition coefficient (Wildman–Crippen LogP) is 2.87. The number of carbonyl (C=O) groups excluding carboxylic acids is 1. The average molecular weight is 281 g/mol. The van der Waals surface area contributed by atoms with Gasteiger partial charge in [0.05, 0.1) is 12.8 Å². The van der Waals surface area contributed by atoms with Gasteiger partial charge >= 0.3 is 0 Å². The lowest BCUT2D eigenvalue weighted by atomic mass is 10.1. The third-order valence-corrected chi connectivity index (χ3v) is 3.09. The van der Waals surface area contributed by atoms with Crippen molar-refractivity contribution in [3.05, 3.63) is 65.2 Å². The summed E-state index contributed by atoms with van der Waals surface area (Å²) >= 11 is 0. The highest BCUT2D eigenvalue weighted by Crippen LogP contribution is 2.07. The van der Waals surface area contributed by atoms with Crippen LogP contribution in [0.5, 0.6) is 0 Å². The lowest BCUT2D eigenvalue weighted by Gasteiger charge is -2.05. The standard InChI is InChI=1S/C17H19N3O/c1-13-7-9-16(10-8-13)18-12-17(21)20-19-11-15-6-4-3-5-14(15)2/h3-11,18H,12H2,1-2H3,(H,20,21). The van der Waals surface area contributed by atoms with Gasteiger partial charge in [0.1, 0.15) is 0 Å². The maximum Gasteiger partial charge on any atom is 0.259 e. The number of nitrogens with one attached hydrogen (secondary N) is 2. The molecule has 0 fully saturated rings. The molecular formula is C17H19N3O. The Labute approximate surface area is 124 Å². The molecule has 2 aromatic carbocycles. The second kappa shape index (κ2) is 7.24. The molecule has 0 aromatic heterocycles. The summed E-state index contributed by atoms with van der Waals surface area (Å²) in [6.07, 6.45) is 1.65. The molecule has 2 aromatic rings. The molecule has 4 nitrogen and oxygen atoms in total. The minimum absolute atomic E-state index is 0.180. The number of amides is 1. The van der Waals surface area contributed by atoms with E-state index in [0.717, 1.165) is 16.8 Å². The van der Waals surface area contributed by atoms with E-state index in [1.165, 1.54) is 5.56 Å². The van der Waals surface area contributed by atoms with Gasteiger partial charge in [-0.05, 0) is 37.1 Å². The summed E-state index contributed by atoms with van der Waals surface area (Å²) in [5, 5.41) is 7.01. The van der Waals surface area contributed by atoms with Gasteiger partial charge in [0.2, 0.25) is 0 Å². The summed E-state index contributed by atoms with van der Waals surface area (Å²) < 4.78 is 0. The van der Waals surface area contributed by atoms with Crippen LogP contribution in [-0.2, 0) is 4.79 Å². The smallest absolute Gasteiger partial charge is 0.259 e. The highest BCUT2D eigenvalue weighted by Gasteiger charge is 1.99. The van der Waals surface area contributed by atoms with Crippen LogP contribution in [0.4, 0.5) is 5.69 Å². The lowest BCUT2D eigenvalue weighted by Crippen LogP contribution is -2.25. The Morgan fingerprint density at radius 3 is 2.52 bits per heavy atom. The molecule has 0 bridgehead atoms. The van der Waals surface area contributed by atoms with Crippen molar-refractivity contribution in [3.63, 3.8) is 0 Å². The Bertz CT molecular complexity index is 633. The van der Waals surface area contributed by atoms with Crippen LogP contribution in [0.15, 0.2) is 53.6 Å². The molecule has 21 heavy (non-hydrogen) atoms. The van der Waals surface area contributed by atoms with Gasteiger partial charge in [0.25, 0.3) is 5.91 Å². The van der Waals surface area contributed by atoms with E-state index in [2.05, 4.69) is 15.8 Å². The van der Waals surface area contributed by atoms with Crippen molar-refractivity contribution < 1.29 is 4.79 Å². The summed E-state index contributed by atoms with van der Waals surface area (Å²) in [7, 11) is 0. The van der Waals surface area contributed by atoms with Gasteiger partial charge < -0.3 is 5.32 Å². The summed E-state index contributed by atoms with van der Waals surface area (Å²) in [5.74, 6) is -0.180. The summed E-state index contributed by atoms with van der Waals surface area (Å²) in [6.45, 7) is 4.22. The van der Waals surface area contributed by atoms with Crippen molar-refractivity contribution in [2.75, 3.05) is 11.9 Å². The zero-order chi connectivity index (χ0) is 15.1. The summed E-state index contributed by atoms with van der Waals surface area (Å²) in [6, 6.07) is 15.7. The van der Waals surface area contributed by atoms with Crippen LogP contribution in [0.2, 0.25) is 0 Å². The molecule has 0 atom stereocenters. The van der Waals surface area contributed by atoms with Gasteiger partial charge in [0, 0.05) is 5.69 Å². The molecule has 0 spiro atoms. The Morgan fingerprint density at radius 2 is 1.81 bits per heavy atom. The van der Waals surface area contributed by atoms with Crippen LogP contribution in [0.1, 0.15) is 16.7 Å². The molecule has 0 aliphatic carbocycles. The van der Waals surface area contributed by atoms with Gasteiger partial charge in [-0.15, -0.1) is 0 Å². The second-order valence-corrected chi connectivity index (χ2v) is 4.87. The van der Waals surface area contributed by atoms with Crippen LogP contribution in [-0.4, -0.2) is 18.7 Å². The maximum absolute atomic E-state index is 11.7. The Balaban J connectivity index is 1.80. The number of carbonyl (C=O) groups is 1. The van der Waals surface area contributed by atoms with Crippen molar-refractivity contribution in [1.29, 1.82) is 0 Å². The fourth-order valence-corrected chi connectivity index (χ4v) is 1.80. The second-order valence-electron chi connectivity index (χ2n) is 4.87. The van der Waals surface area contributed by atoms with E-state index in [0.29, 0.717) is 0 Å². The molecule has 2 N–H and O–H groups in total. The van der Waals surface area contributed by atoms with E-state index >= 15 is 0 Å². The number of hydrogen-bond acceptors (Lipinski definition) is 3. The third-order valence-electron chi connectivity index (χ3n) is 3.09. The molecule has 0 aliphatic heterocycles. The number of rotatable bonds is 5. The molecule has 2 rings (SSSR count). The van der Waals surface area contributed by atoms with Crippen molar-refractivity contribution in [3.8, 4) is 0 Å². The molecule has 4 heteroatoms. The monoisotopic (exact) mass is 281 g/mol. The Kier molecular flexibility index (Phi) is 5.10. The topological polar surface area (TPSA) is 53.5 Å². The van der Waals surface area contributed by atoms with Gasteiger partial charge in [-0.2, -0.15) is 5.10 Å².